The Hall–Kier alpha value is -2.12. The number of rotatable bonds is 10. The van der Waals surface area contributed by atoms with Crippen LogP contribution in [0, 0.1) is 0 Å². The highest BCUT2D eigenvalue weighted by Crippen LogP contribution is 2.25. The van der Waals surface area contributed by atoms with E-state index in [4.69, 9.17) is 17.0 Å². The Morgan fingerprint density at radius 1 is 1.23 bits per heavy atom. The second kappa shape index (κ2) is 11.5. The van der Waals surface area contributed by atoms with E-state index in [1.807, 2.05) is 24.3 Å². The molecule has 2 N–H and O–H groups in total. The highest BCUT2D eigenvalue weighted by molar-refractivity contribution is 7.80. The van der Waals surface area contributed by atoms with E-state index in [0.29, 0.717) is 12.6 Å². The summed E-state index contributed by atoms with van der Waals surface area (Å²) in [5, 5.41) is 5.22. The van der Waals surface area contributed by atoms with Crippen molar-refractivity contribution in [3.8, 4) is 5.75 Å². The summed E-state index contributed by atoms with van der Waals surface area (Å²) >= 11 is 5.79. The van der Waals surface area contributed by atoms with E-state index in [-0.39, 0.29) is 5.56 Å². The first-order valence-electron chi connectivity index (χ1n) is 11.5. The number of pyridine rings is 1. The first-order valence-corrected chi connectivity index (χ1v) is 11.9. The molecule has 31 heavy (non-hydrogen) atoms. The van der Waals surface area contributed by atoms with Crippen LogP contribution < -0.4 is 15.6 Å². The van der Waals surface area contributed by atoms with Crippen molar-refractivity contribution < 1.29 is 4.74 Å². The Morgan fingerprint density at radius 2 is 1.97 bits per heavy atom. The van der Waals surface area contributed by atoms with Gasteiger partial charge in [-0.1, -0.05) is 26.7 Å². The minimum atomic E-state index is -0.0620. The van der Waals surface area contributed by atoms with Gasteiger partial charge in [0.05, 0.1) is 19.2 Å². The molecular formula is C24H36N4O2S. The van der Waals surface area contributed by atoms with E-state index < -0.39 is 0 Å². The molecule has 1 heterocycles. The molecule has 0 bridgehead atoms. The van der Waals surface area contributed by atoms with Crippen LogP contribution in [0.4, 0.5) is 0 Å². The van der Waals surface area contributed by atoms with Gasteiger partial charge in [0.25, 0.3) is 5.56 Å². The Morgan fingerprint density at radius 3 is 2.65 bits per heavy atom. The molecule has 1 aliphatic rings. The summed E-state index contributed by atoms with van der Waals surface area (Å²) < 4.78 is 5.27. The molecule has 3 rings (SSSR count). The van der Waals surface area contributed by atoms with Gasteiger partial charge in [-0.3, -0.25) is 4.79 Å². The van der Waals surface area contributed by atoms with Crippen molar-refractivity contribution in [1.29, 1.82) is 0 Å². The molecule has 2 aromatic rings. The minimum absolute atomic E-state index is 0.0620. The highest BCUT2D eigenvalue weighted by atomic mass is 32.1. The molecule has 0 atom stereocenters. The van der Waals surface area contributed by atoms with Gasteiger partial charge in [0.15, 0.2) is 5.11 Å². The fraction of sp³-hybridized carbons (Fsp3) is 0.583. The summed E-state index contributed by atoms with van der Waals surface area (Å²) in [4.78, 5) is 20.5. The van der Waals surface area contributed by atoms with Gasteiger partial charge in [-0.25, -0.2) is 0 Å². The maximum absolute atomic E-state index is 12.8. The summed E-state index contributed by atoms with van der Waals surface area (Å²) in [6.07, 6.45) is 5.76. The summed E-state index contributed by atoms with van der Waals surface area (Å²) in [6.45, 7) is 8.99. The lowest BCUT2D eigenvalue weighted by atomic mass is 10.1. The average molecular weight is 445 g/mol. The SMILES string of the molecule is CCN(CC)CCCNC(=S)N(Cc1cc2ccc(OC)cc2[nH]c1=O)C1CCCC1. The first kappa shape index (κ1) is 23.5. The Balaban J connectivity index is 1.71. The third-order valence-electron chi connectivity index (χ3n) is 6.32. The van der Waals surface area contributed by atoms with Gasteiger partial charge in [-0.2, -0.15) is 0 Å². The molecule has 0 spiro atoms. The van der Waals surface area contributed by atoms with Gasteiger partial charge in [0.1, 0.15) is 5.75 Å². The second-order valence-electron chi connectivity index (χ2n) is 8.26. The highest BCUT2D eigenvalue weighted by Gasteiger charge is 2.25. The molecular weight excluding hydrogens is 408 g/mol. The van der Waals surface area contributed by atoms with Gasteiger partial charge < -0.3 is 24.8 Å². The van der Waals surface area contributed by atoms with Crippen LogP contribution in [0.15, 0.2) is 29.1 Å². The molecule has 0 unspecified atom stereocenters. The van der Waals surface area contributed by atoms with E-state index in [1.54, 1.807) is 7.11 Å². The van der Waals surface area contributed by atoms with E-state index in [0.717, 1.165) is 72.8 Å². The van der Waals surface area contributed by atoms with Crippen LogP contribution in [0.2, 0.25) is 0 Å². The van der Waals surface area contributed by atoms with E-state index in [1.165, 1.54) is 12.8 Å². The standard InChI is InChI=1S/C24H36N4O2S/c1-4-27(5-2)14-8-13-25-24(31)28(20-9-6-7-10-20)17-19-15-18-11-12-21(30-3)16-22(18)26-23(19)29/h11-12,15-16,20H,4-10,13-14,17H2,1-3H3,(H,25,31)(H,26,29). The molecule has 1 aliphatic carbocycles. The molecule has 1 fully saturated rings. The maximum atomic E-state index is 12.8. The number of ether oxygens (including phenoxy) is 1. The van der Waals surface area contributed by atoms with Gasteiger partial charge in [0.2, 0.25) is 0 Å². The Labute approximate surface area is 191 Å². The van der Waals surface area contributed by atoms with E-state index in [9.17, 15) is 4.79 Å². The molecule has 170 valence electrons. The predicted octanol–water partition coefficient (Wildman–Crippen LogP) is 3.89. The number of nitrogens with one attached hydrogen (secondary N) is 2. The third-order valence-corrected chi connectivity index (χ3v) is 6.70. The summed E-state index contributed by atoms with van der Waals surface area (Å²) in [6, 6.07) is 8.14. The molecule has 7 heteroatoms. The third kappa shape index (κ3) is 6.20. The normalized spacial score (nSPS) is 14.3. The second-order valence-corrected chi connectivity index (χ2v) is 8.64. The topological polar surface area (TPSA) is 60.6 Å². The van der Waals surface area contributed by atoms with Crippen molar-refractivity contribution in [3.05, 3.63) is 40.2 Å². The average Bonchev–Trinajstić information content (AvgIpc) is 3.31. The van der Waals surface area contributed by atoms with Crippen LogP contribution in [0.1, 0.15) is 51.5 Å². The number of H-pyrrole nitrogens is 1. The Bertz CT molecular complexity index is 919. The van der Waals surface area contributed by atoms with Crippen molar-refractivity contribution in [2.45, 2.75) is 58.5 Å². The summed E-state index contributed by atoms with van der Waals surface area (Å²) in [7, 11) is 1.63. The number of fused-ring (bicyclic) bond motifs is 1. The van der Waals surface area contributed by atoms with Crippen LogP contribution in [-0.2, 0) is 6.54 Å². The molecule has 0 saturated heterocycles. The van der Waals surface area contributed by atoms with Crippen molar-refractivity contribution in [3.63, 3.8) is 0 Å². The van der Waals surface area contributed by atoms with Gasteiger partial charge >= 0.3 is 0 Å². The van der Waals surface area contributed by atoms with Gasteiger partial charge in [0, 0.05) is 24.2 Å². The number of nitrogens with zero attached hydrogens (tertiary/aromatic N) is 2. The zero-order chi connectivity index (χ0) is 22.2. The van der Waals surface area contributed by atoms with Crippen LogP contribution in [0.25, 0.3) is 10.9 Å². The zero-order valence-electron chi connectivity index (χ0n) is 19.1. The van der Waals surface area contributed by atoms with Crippen molar-refractivity contribution in [2.24, 2.45) is 0 Å². The quantitative estimate of drug-likeness (QED) is 0.428. The fourth-order valence-electron chi connectivity index (χ4n) is 4.38. The number of hydrogen-bond donors (Lipinski definition) is 2. The molecule has 6 nitrogen and oxygen atoms in total. The van der Waals surface area contributed by atoms with Gasteiger partial charge in [-0.15, -0.1) is 0 Å². The van der Waals surface area contributed by atoms with Crippen LogP contribution >= 0.6 is 12.2 Å². The molecule has 0 radical (unpaired) electrons. The minimum Gasteiger partial charge on any atom is -0.497 e. The van der Waals surface area contributed by atoms with E-state index >= 15 is 0 Å². The van der Waals surface area contributed by atoms with Crippen LogP contribution in [-0.4, -0.2) is 59.2 Å². The smallest absolute Gasteiger partial charge is 0.253 e. The maximum Gasteiger partial charge on any atom is 0.253 e. The lowest BCUT2D eigenvalue weighted by Crippen LogP contribution is -2.46. The van der Waals surface area contributed by atoms with Crippen molar-refractivity contribution >= 4 is 28.2 Å². The Kier molecular flexibility index (Phi) is 8.72. The number of aromatic amines is 1. The number of aromatic nitrogens is 1. The van der Waals surface area contributed by atoms with Crippen LogP contribution in [0.3, 0.4) is 0 Å². The number of methoxy groups -OCH3 is 1. The lowest BCUT2D eigenvalue weighted by Gasteiger charge is -2.32. The van der Waals surface area contributed by atoms with E-state index in [2.05, 4.69) is 33.9 Å². The molecule has 1 saturated carbocycles. The molecule has 0 aliphatic heterocycles. The predicted molar refractivity (Wildman–Crippen MR) is 132 cm³/mol. The first-order chi connectivity index (χ1) is 15.0. The zero-order valence-corrected chi connectivity index (χ0v) is 19.9. The monoisotopic (exact) mass is 444 g/mol. The number of thiocarbonyl (C=S) groups is 1. The van der Waals surface area contributed by atoms with Gasteiger partial charge in [-0.05, 0) is 74.7 Å². The van der Waals surface area contributed by atoms with Crippen molar-refractivity contribution in [2.75, 3.05) is 33.3 Å². The summed E-state index contributed by atoms with van der Waals surface area (Å²) in [5.74, 6) is 0.735. The van der Waals surface area contributed by atoms with Crippen molar-refractivity contribution in [1.82, 2.24) is 20.1 Å². The lowest BCUT2D eigenvalue weighted by molar-refractivity contribution is 0.291. The van der Waals surface area contributed by atoms with Crippen LogP contribution in [0.5, 0.6) is 5.75 Å². The number of hydrogen-bond acceptors (Lipinski definition) is 4. The fourth-order valence-corrected chi connectivity index (χ4v) is 4.69. The molecule has 0 amide bonds. The molecule has 1 aromatic heterocycles. The number of benzene rings is 1. The summed E-state index contributed by atoms with van der Waals surface area (Å²) in [5.41, 5.74) is 1.47. The largest absolute Gasteiger partial charge is 0.497 e. The molecule has 1 aromatic carbocycles.